The molecule has 0 atom stereocenters. The summed E-state index contributed by atoms with van der Waals surface area (Å²) in [5.74, 6) is 0.158. The van der Waals surface area contributed by atoms with Gasteiger partial charge in [-0.3, -0.25) is 4.79 Å². The second kappa shape index (κ2) is 10.2. The molecule has 30 heavy (non-hydrogen) atoms. The van der Waals surface area contributed by atoms with E-state index in [0.717, 1.165) is 5.56 Å². The Morgan fingerprint density at radius 1 is 1.10 bits per heavy atom. The lowest BCUT2D eigenvalue weighted by Crippen LogP contribution is -2.24. The molecular formula is C22H19ClN4O3. The number of hydrazone groups is 1. The van der Waals surface area contributed by atoms with E-state index < -0.39 is 5.91 Å². The van der Waals surface area contributed by atoms with Gasteiger partial charge in [-0.05, 0) is 55.0 Å². The summed E-state index contributed by atoms with van der Waals surface area (Å²) in [6.07, 6.45) is 1.31. The number of hydrogen-bond acceptors (Lipinski definition) is 6. The van der Waals surface area contributed by atoms with Gasteiger partial charge in [0.05, 0.1) is 16.9 Å². The van der Waals surface area contributed by atoms with E-state index in [-0.39, 0.29) is 12.4 Å². The Balaban J connectivity index is 1.59. The van der Waals surface area contributed by atoms with Crippen LogP contribution in [0.1, 0.15) is 11.1 Å². The molecule has 1 amide bonds. The maximum atomic E-state index is 11.9. The van der Waals surface area contributed by atoms with E-state index in [9.17, 15) is 9.90 Å². The number of phenolic OH excluding ortho intramolecular Hbond substituents is 1. The van der Waals surface area contributed by atoms with Crippen molar-refractivity contribution in [3.8, 4) is 11.5 Å². The van der Waals surface area contributed by atoms with Crippen molar-refractivity contribution in [1.29, 1.82) is 0 Å². The highest BCUT2D eigenvalue weighted by Gasteiger charge is 2.04. The van der Waals surface area contributed by atoms with E-state index in [2.05, 4.69) is 20.8 Å². The summed E-state index contributed by atoms with van der Waals surface area (Å²) in [6.45, 7) is 1.75. The van der Waals surface area contributed by atoms with Crippen LogP contribution in [0.5, 0.6) is 11.5 Å². The maximum absolute atomic E-state index is 11.9. The standard InChI is InChI=1S/C22H19ClN4O3/c1-15-5-4-6-18(11-15)30-14-22(29)27-24-13-16-12-17(9-10-21(16)28)25-26-20-8-3-2-7-19(20)23/h2-13,28H,14H2,1H3,(H,27,29). The topological polar surface area (TPSA) is 95.6 Å². The number of ether oxygens (including phenoxy) is 1. The average Bonchev–Trinajstić information content (AvgIpc) is 2.73. The summed E-state index contributed by atoms with van der Waals surface area (Å²) in [4.78, 5) is 11.9. The molecule has 0 radical (unpaired) electrons. The summed E-state index contributed by atoms with van der Waals surface area (Å²) in [5.41, 5.74) is 4.77. The van der Waals surface area contributed by atoms with Crippen LogP contribution in [0.2, 0.25) is 5.02 Å². The third-order valence-electron chi connectivity index (χ3n) is 3.89. The summed E-state index contributed by atoms with van der Waals surface area (Å²) in [5, 5.41) is 22.5. The number of benzene rings is 3. The van der Waals surface area contributed by atoms with Crippen molar-refractivity contribution in [2.24, 2.45) is 15.3 Å². The molecule has 2 N–H and O–H groups in total. The average molecular weight is 423 g/mol. The third kappa shape index (κ3) is 6.15. The predicted octanol–water partition coefficient (Wildman–Crippen LogP) is 5.30. The van der Waals surface area contributed by atoms with Gasteiger partial charge in [-0.15, -0.1) is 5.11 Å². The molecular weight excluding hydrogens is 404 g/mol. The van der Waals surface area contributed by atoms with Crippen molar-refractivity contribution in [2.45, 2.75) is 6.92 Å². The Kier molecular flexibility index (Phi) is 7.13. The van der Waals surface area contributed by atoms with Gasteiger partial charge in [-0.2, -0.15) is 10.2 Å². The number of halogens is 1. The molecule has 0 saturated heterocycles. The van der Waals surface area contributed by atoms with Crippen LogP contribution in [0.4, 0.5) is 11.4 Å². The van der Waals surface area contributed by atoms with Crippen LogP contribution in [-0.2, 0) is 4.79 Å². The number of nitrogens with zero attached hydrogens (tertiary/aromatic N) is 3. The molecule has 7 nitrogen and oxygen atoms in total. The first-order chi connectivity index (χ1) is 14.5. The fourth-order valence-corrected chi connectivity index (χ4v) is 2.59. The number of rotatable bonds is 7. The molecule has 3 rings (SSSR count). The van der Waals surface area contributed by atoms with E-state index in [1.165, 1.54) is 12.3 Å². The van der Waals surface area contributed by atoms with E-state index in [0.29, 0.717) is 27.7 Å². The monoisotopic (exact) mass is 422 g/mol. The zero-order valence-corrected chi connectivity index (χ0v) is 16.9. The minimum Gasteiger partial charge on any atom is -0.507 e. The lowest BCUT2D eigenvalue weighted by atomic mass is 10.2. The van der Waals surface area contributed by atoms with Crippen molar-refractivity contribution < 1.29 is 14.6 Å². The van der Waals surface area contributed by atoms with Gasteiger partial charge in [0.25, 0.3) is 5.91 Å². The quantitative estimate of drug-likeness (QED) is 0.307. The highest BCUT2D eigenvalue weighted by Crippen LogP contribution is 2.27. The van der Waals surface area contributed by atoms with Gasteiger partial charge >= 0.3 is 0 Å². The molecule has 0 aliphatic carbocycles. The molecule has 0 bridgehead atoms. The maximum Gasteiger partial charge on any atom is 0.277 e. The molecule has 0 unspecified atom stereocenters. The Bertz CT molecular complexity index is 1100. The molecule has 0 saturated carbocycles. The van der Waals surface area contributed by atoms with E-state index in [1.807, 2.05) is 25.1 Å². The van der Waals surface area contributed by atoms with Crippen molar-refractivity contribution in [1.82, 2.24) is 5.43 Å². The molecule has 8 heteroatoms. The van der Waals surface area contributed by atoms with Crippen molar-refractivity contribution >= 4 is 35.1 Å². The highest BCUT2D eigenvalue weighted by molar-refractivity contribution is 6.32. The Morgan fingerprint density at radius 3 is 2.73 bits per heavy atom. The van der Waals surface area contributed by atoms with Crippen LogP contribution in [0.15, 0.2) is 82.1 Å². The van der Waals surface area contributed by atoms with Crippen LogP contribution in [0.3, 0.4) is 0 Å². The van der Waals surface area contributed by atoms with Gasteiger partial charge in [0.1, 0.15) is 17.2 Å². The summed E-state index contributed by atoms with van der Waals surface area (Å²) >= 11 is 6.05. The van der Waals surface area contributed by atoms with Gasteiger partial charge in [-0.1, -0.05) is 35.9 Å². The van der Waals surface area contributed by atoms with Crippen molar-refractivity contribution in [3.05, 3.63) is 82.9 Å². The number of phenols is 1. The van der Waals surface area contributed by atoms with Gasteiger partial charge in [0, 0.05) is 5.56 Å². The zero-order valence-electron chi connectivity index (χ0n) is 16.1. The predicted molar refractivity (Wildman–Crippen MR) is 116 cm³/mol. The molecule has 0 aliphatic heterocycles. The third-order valence-corrected chi connectivity index (χ3v) is 4.21. The second-order valence-corrected chi connectivity index (χ2v) is 6.70. The highest BCUT2D eigenvalue weighted by atomic mass is 35.5. The lowest BCUT2D eigenvalue weighted by Gasteiger charge is -2.05. The number of hydrogen-bond donors (Lipinski definition) is 2. The summed E-state index contributed by atoms with van der Waals surface area (Å²) in [6, 6.07) is 19.1. The van der Waals surface area contributed by atoms with Gasteiger partial charge in [0.15, 0.2) is 6.61 Å². The first kappa shape index (κ1) is 21.0. The zero-order chi connectivity index (χ0) is 21.3. The molecule has 152 valence electrons. The Hall–Kier alpha value is -3.71. The Morgan fingerprint density at radius 2 is 1.93 bits per heavy atom. The number of azo groups is 1. The van der Waals surface area contributed by atoms with E-state index >= 15 is 0 Å². The van der Waals surface area contributed by atoms with Crippen LogP contribution < -0.4 is 10.2 Å². The van der Waals surface area contributed by atoms with Gasteiger partial charge < -0.3 is 9.84 Å². The van der Waals surface area contributed by atoms with Crippen molar-refractivity contribution in [3.63, 3.8) is 0 Å². The minimum atomic E-state index is -0.429. The van der Waals surface area contributed by atoms with Crippen LogP contribution in [0, 0.1) is 6.92 Å². The number of aromatic hydroxyl groups is 1. The minimum absolute atomic E-state index is 0.0132. The van der Waals surface area contributed by atoms with Crippen LogP contribution in [-0.4, -0.2) is 23.8 Å². The van der Waals surface area contributed by atoms with E-state index in [1.54, 1.807) is 42.5 Å². The number of aryl methyl sites for hydroxylation is 1. The number of carbonyl (C=O) groups is 1. The molecule has 0 aliphatic rings. The first-order valence-corrected chi connectivity index (χ1v) is 9.40. The molecule has 3 aromatic carbocycles. The van der Waals surface area contributed by atoms with Crippen LogP contribution in [0.25, 0.3) is 0 Å². The Labute approximate surface area is 178 Å². The van der Waals surface area contributed by atoms with Crippen LogP contribution >= 0.6 is 11.6 Å². The molecule has 0 heterocycles. The van der Waals surface area contributed by atoms with E-state index in [4.69, 9.17) is 16.3 Å². The second-order valence-electron chi connectivity index (χ2n) is 6.29. The molecule has 0 spiro atoms. The lowest BCUT2D eigenvalue weighted by molar-refractivity contribution is -0.123. The molecule has 0 fully saturated rings. The van der Waals surface area contributed by atoms with Gasteiger partial charge in [0.2, 0.25) is 0 Å². The van der Waals surface area contributed by atoms with Gasteiger partial charge in [-0.25, -0.2) is 5.43 Å². The smallest absolute Gasteiger partial charge is 0.277 e. The molecule has 3 aromatic rings. The largest absolute Gasteiger partial charge is 0.507 e. The first-order valence-electron chi connectivity index (χ1n) is 9.02. The fourth-order valence-electron chi connectivity index (χ4n) is 2.41. The summed E-state index contributed by atoms with van der Waals surface area (Å²) < 4.78 is 5.40. The SMILES string of the molecule is Cc1cccc(OCC(=O)NN=Cc2cc(N=Nc3ccccc3Cl)ccc2O)c1. The number of carbonyl (C=O) groups excluding carboxylic acids is 1. The number of amides is 1. The normalized spacial score (nSPS) is 11.1. The molecule has 0 aromatic heterocycles. The summed E-state index contributed by atoms with van der Waals surface area (Å²) in [7, 11) is 0. The van der Waals surface area contributed by atoms with Crippen molar-refractivity contribution in [2.75, 3.05) is 6.61 Å². The number of nitrogens with one attached hydrogen (secondary N) is 1. The fraction of sp³-hybridized carbons (Fsp3) is 0.0909.